The summed E-state index contributed by atoms with van der Waals surface area (Å²) >= 11 is 6.19. The second kappa shape index (κ2) is 10.2. The molecular formula is C29H27ClN6O. The van der Waals surface area contributed by atoms with Gasteiger partial charge in [0.25, 0.3) is 0 Å². The van der Waals surface area contributed by atoms with Crippen molar-refractivity contribution in [2.75, 3.05) is 38.2 Å². The average Bonchev–Trinajstić information content (AvgIpc) is 3.40. The zero-order valence-electron chi connectivity index (χ0n) is 20.5. The second-order valence-electron chi connectivity index (χ2n) is 9.08. The zero-order valence-corrected chi connectivity index (χ0v) is 21.3. The van der Waals surface area contributed by atoms with Crippen LogP contribution in [0, 0.1) is 0 Å². The van der Waals surface area contributed by atoms with Gasteiger partial charge in [0.15, 0.2) is 5.65 Å². The van der Waals surface area contributed by atoms with E-state index in [9.17, 15) is 0 Å². The SMILES string of the molecule is COc1ccc(-n2ncc3c(N4CCN(C(c5ccccc5)c5ccc(Cl)cc5)CC4)ncnc32)cc1. The fourth-order valence-electron chi connectivity index (χ4n) is 5.08. The quantitative estimate of drug-likeness (QED) is 0.305. The molecule has 37 heavy (non-hydrogen) atoms. The zero-order chi connectivity index (χ0) is 25.2. The van der Waals surface area contributed by atoms with Crippen molar-refractivity contribution in [2.45, 2.75) is 6.04 Å². The minimum Gasteiger partial charge on any atom is -0.497 e. The summed E-state index contributed by atoms with van der Waals surface area (Å²) < 4.78 is 7.14. The van der Waals surface area contributed by atoms with Crippen molar-refractivity contribution in [3.8, 4) is 11.4 Å². The topological polar surface area (TPSA) is 59.3 Å². The average molecular weight is 511 g/mol. The van der Waals surface area contributed by atoms with Crippen molar-refractivity contribution in [3.63, 3.8) is 0 Å². The fourth-order valence-corrected chi connectivity index (χ4v) is 5.21. The van der Waals surface area contributed by atoms with Crippen LogP contribution in [-0.4, -0.2) is 57.9 Å². The van der Waals surface area contributed by atoms with E-state index in [2.05, 4.69) is 67.3 Å². The first-order chi connectivity index (χ1) is 18.2. The number of methoxy groups -OCH3 is 1. The van der Waals surface area contributed by atoms with Gasteiger partial charge in [-0.1, -0.05) is 54.1 Å². The molecule has 6 rings (SSSR count). The lowest BCUT2D eigenvalue weighted by atomic mass is 9.96. The highest BCUT2D eigenvalue weighted by Gasteiger charge is 2.28. The molecule has 0 bridgehead atoms. The Morgan fingerprint density at radius 2 is 1.51 bits per heavy atom. The molecule has 1 aliphatic rings. The molecule has 2 aromatic heterocycles. The number of anilines is 1. The number of ether oxygens (including phenoxy) is 1. The van der Waals surface area contributed by atoms with Crippen molar-refractivity contribution in [1.29, 1.82) is 0 Å². The summed E-state index contributed by atoms with van der Waals surface area (Å²) in [6.07, 6.45) is 3.49. The van der Waals surface area contributed by atoms with E-state index in [0.717, 1.165) is 59.5 Å². The van der Waals surface area contributed by atoms with Gasteiger partial charge < -0.3 is 9.64 Å². The third-order valence-corrected chi connectivity index (χ3v) is 7.19. The molecule has 1 saturated heterocycles. The van der Waals surface area contributed by atoms with Gasteiger partial charge in [-0.15, -0.1) is 0 Å². The maximum absolute atomic E-state index is 6.19. The summed E-state index contributed by atoms with van der Waals surface area (Å²) in [5, 5.41) is 6.33. The molecule has 7 nitrogen and oxygen atoms in total. The standard InChI is InChI=1S/C29H27ClN6O/c1-37-25-13-11-24(12-14-25)36-29-26(19-33-36)28(31-20-32-29)35-17-15-34(16-18-35)27(21-5-3-2-4-6-21)22-7-9-23(30)10-8-22/h2-14,19-20,27H,15-18H2,1H3. The van der Waals surface area contributed by atoms with Crippen LogP contribution in [-0.2, 0) is 0 Å². The lowest BCUT2D eigenvalue weighted by Crippen LogP contribution is -2.48. The van der Waals surface area contributed by atoms with Crippen molar-refractivity contribution in [2.24, 2.45) is 0 Å². The number of aromatic nitrogens is 4. The first-order valence-corrected chi connectivity index (χ1v) is 12.7. The Kier molecular flexibility index (Phi) is 6.47. The van der Waals surface area contributed by atoms with Crippen LogP contribution in [0.3, 0.4) is 0 Å². The molecule has 0 radical (unpaired) electrons. The molecule has 0 amide bonds. The normalized spacial score (nSPS) is 15.1. The van der Waals surface area contributed by atoms with E-state index in [1.807, 2.05) is 47.3 Å². The van der Waals surface area contributed by atoms with Crippen LogP contribution in [0.1, 0.15) is 17.2 Å². The molecule has 5 aromatic rings. The van der Waals surface area contributed by atoms with Gasteiger partial charge in [-0.2, -0.15) is 5.10 Å². The van der Waals surface area contributed by atoms with E-state index in [-0.39, 0.29) is 6.04 Å². The molecule has 1 fully saturated rings. The molecule has 0 aliphatic carbocycles. The highest BCUT2D eigenvalue weighted by atomic mass is 35.5. The summed E-state index contributed by atoms with van der Waals surface area (Å²) in [5.74, 6) is 1.73. The van der Waals surface area contributed by atoms with E-state index >= 15 is 0 Å². The van der Waals surface area contributed by atoms with Crippen molar-refractivity contribution in [1.82, 2.24) is 24.6 Å². The lowest BCUT2D eigenvalue weighted by molar-refractivity contribution is 0.212. The lowest BCUT2D eigenvalue weighted by Gasteiger charge is -2.40. The summed E-state index contributed by atoms with van der Waals surface area (Å²) in [7, 11) is 1.66. The van der Waals surface area contributed by atoms with E-state index < -0.39 is 0 Å². The number of halogens is 1. The Balaban J connectivity index is 1.25. The summed E-state index contributed by atoms with van der Waals surface area (Å²) in [5.41, 5.74) is 4.25. The third kappa shape index (κ3) is 4.63. The molecule has 0 N–H and O–H groups in total. The molecule has 0 spiro atoms. The second-order valence-corrected chi connectivity index (χ2v) is 9.51. The highest BCUT2D eigenvalue weighted by molar-refractivity contribution is 6.30. The molecule has 3 aromatic carbocycles. The Morgan fingerprint density at radius 1 is 0.811 bits per heavy atom. The van der Waals surface area contributed by atoms with Crippen molar-refractivity contribution < 1.29 is 4.74 Å². The highest BCUT2D eigenvalue weighted by Crippen LogP contribution is 2.32. The van der Waals surface area contributed by atoms with Crippen LogP contribution in [0.2, 0.25) is 5.02 Å². The first-order valence-electron chi connectivity index (χ1n) is 12.3. The molecule has 186 valence electrons. The number of benzene rings is 3. The molecule has 0 saturated carbocycles. The molecule has 1 unspecified atom stereocenters. The Hall–Kier alpha value is -3.94. The van der Waals surface area contributed by atoms with Crippen LogP contribution in [0.4, 0.5) is 5.82 Å². The van der Waals surface area contributed by atoms with Crippen LogP contribution in [0.15, 0.2) is 91.4 Å². The van der Waals surface area contributed by atoms with Gasteiger partial charge in [-0.25, -0.2) is 14.6 Å². The Labute approximate surface area is 220 Å². The predicted octanol–water partition coefficient (Wildman–Crippen LogP) is 5.39. The van der Waals surface area contributed by atoms with Crippen LogP contribution >= 0.6 is 11.6 Å². The number of piperazine rings is 1. The van der Waals surface area contributed by atoms with Gasteiger partial charge in [0, 0.05) is 31.2 Å². The molecule has 1 aliphatic heterocycles. The predicted molar refractivity (Wildman–Crippen MR) is 147 cm³/mol. The maximum Gasteiger partial charge on any atom is 0.168 e. The summed E-state index contributed by atoms with van der Waals surface area (Å²) in [4.78, 5) is 14.1. The van der Waals surface area contributed by atoms with E-state index in [4.69, 9.17) is 16.3 Å². The van der Waals surface area contributed by atoms with Gasteiger partial charge >= 0.3 is 0 Å². The molecule has 1 atom stereocenters. The van der Waals surface area contributed by atoms with Gasteiger partial charge in [-0.05, 0) is 47.5 Å². The summed E-state index contributed by atoms with van der Waals surface area (Å²) in [6.45, 7) is 3.52. The largest absolute Gasteiger partial charge is 0.497 e. The van der Waals surface area contributed by atoms with E-state index in [1.165, 1.54) is 11.1 Å². The molecule has 3 heterocycles. The maximum atomic E-state index is 6.19. The molecular weight excluding hydrogens is 484 g/mol. The molecule has 8 heteroatoms. The van der Waals surface area contributed by atoms with Gasteiger partial charge in [-0.3, -0.25) is 4.90 Å². The third-order valence-electron chi connectivity index (χ3n) is 6.94. The number of hydrogen-bond acceptors (Lipinski definition) is 6. The fraction of sp³-hybridized carbons (Fsp3) is 0.207. The number of fused-ring (bicyclic) bond motifs is 1. The van der Waals surface area contributed by atoms with Gasteiger partial charge in [0.1, 0.15) is 17.9 Å². The van der Waals surface area contributed by atoms with Crippen molar-refractivity contribution >= 4 is 28.5 Å². The Bertz CT molecular complexity index is 1480. The van der Waals surface area contributed by atoms with Crippen LogP contribution < -0.4 is 9.64 Å². The minimum absolute atomic E-state index is 0.170. The van der Waals surface area contributed by atoms with Crippen LogP contribution in [0.5, 0.6) is 5.75 Å². The van der Waals surface area contributed by atoms with Gasteiger partial charge in [0.05, 0.1) is 30.4 Å². The van der Waals surface area contributed by atoms with Crippen LogP contribution in [0.25, 0.3) is 16.7 Å². The van der Waals surface area contributed by atoms with E-state index in [0.29, 0.717) is 0 Å². The Morgan fingerprint density at radius 3 is 2.22 bits per heavy atom. The van der Waals surface area contributed by atoms with E-state index in [1.54, 1.807) is 13.4 Å². The van der Waals surface area contributed by atoms with Gasteiger partial charge in [0.2, 0.25) is 0 Å². The minimum atomic E-state index is 0.170. The summed E-state index contributed by atoms with van der Waals surface area (Å²) in [6, 6.07) is 26.9. The first kappa shape index (κ1) is 23.5. The monoisotopic (exact) mass is 510 g/mol. The number of rotatable bonds is 6. The number of hydrogen-bond donors (Lipinski definition) is 0. The number of nitrogens with zero attached hydrogens (tertiary/aromatic N) is 6. The smallest absolute Gasteiger partial charge is 0.168 e. The van der Waals surface area contributed by atoms with Crippen molar-refractivity contribution in [3.05, 3.63) is 108 Å².